The third kappa shape index (κ3) is 5.89. The first kappa shape index (κ1) is 18.9. The molecule has 3 saturated carbocycles. The molecule has 3 aliphatic rings. The van der Waals surface area contributed by atoms with Gasteiger partial charge in [-0.25, -0.2) is 0 Å². The summed E-state index contributed by atoms with van der Waals surface area (Å²) in [6, 6.07) is 0. The van der Waals surface area contributed by atoms with Crippen molar-refractivity contribution in [2.45, 2.75) is 96.8 Å². The quantitative estimate of drug-likeness (QED) is 0.255. The molecule has 3 rings (SSSR count). The van der Waals surface area contributed by atoms with E-state index in [1.165, 1.54) is 89.9 Å². The van der Waals surface area contributed by atoms with Crippen LogP contribution in [-0.4, -0.2) is 0 Å². The van der Waals surface area contributed by atoms with Crippen LogP contribution in [0.1, 0.15) is 96.8 Å². The zero-order valence-corrected chi connectivity index (χ0v) is 22.5. The average molecular weight is 581 g/mol. The monoisotopic (exact) mass is 580 g/mol. The maximum Gasteiger partial charge on any atom is 0.0203 e. The van der Waals surface area contributed by atoms with E-state index in [0.717, 1.165) is 29.6 Å². The van der Waals surface area contributed by atoms with E-state index in [-0.39, 0.29) is 0 Å². The first-order valence-corrected chi connectivity index (χ1v) is 10.6. The SMILES string of the molecule is CC1CCC(C#CC2CCC(CCC3CC[CH-]CC3)CC2)CC1.[Rf]. The maximum atomic E-state index is 3.68. The summed E-state index contributed by atoms with van der Waals surface area (Å²) < 4.78 is 0. The second-order valence-electron chi connectivity index (χ2n) is 8.85. The zero-order valence-electron chi connectivity index (χ0n) is 16.1. The smallest absolute Gasteiger partial charge is 0.0203 e. The van der Waals surface area contributed by atoms with Crippen molar-refractivity contribution in [3.05, 3.63) is 6.42 Å². The predicted molar refractivity (Wildman–Crippen MR) is 99.8 cm³/mol. The molecule has 3 aliphatic carbocycles. The van der Waals surface area contributed by atoms with Gasteiger partial charge >= 0.3 is 0 Å². The molecule has 0 heterocycles. The van der Waals surface area contributed by atoms with E-state index >= 15 is 0 Å². The topological polar surface area (TPSA) is 0 Å². The van der Waals surface area contributed by atoms with Gasteiger partial charge in [0.1, 0.15) is 0 Å². The van der Waals surface area contributed by atoms with Gasteiger partial charge in [0.25, 0.3) is 0 Å². The molecule has 0 nitrogen and oxygen atoms in total. The van der Waals surface area contributed by atoms with Gasteiger partial charge in [-0.15, -0.1) is 0 Å². The third-order valence-electron chi connectivity index (χ3n) is 6.90. The first-order chi connectivity index (χ1) is 11.3. The third-order valence-corrected chi connectivity index (χ3v) is 6.90. The van der Waals surface area contributed by atoms with Crippen molar-refractivity contribution < 1.29 is 0 Å². The van der Waals surface area contributed by atoms with E-state index in [0.29, 0.717) is 0 Å². The minimum Gasteiger partial charge on any atom is -0.328 e. The van der Waals surface area contributed by atoms with Crippen LogP contribution < -0.4 is 0 Å². The van der Waals surface area contributed by atoms with Gasteiger partial charge in [-0.2, -0.15) is 12.8 Å². The molecule has 0 saturated heterocycles. The Morgan fingerprint density at radius 3 is 1.67 bits per heavy atom. The van der Waals surface area contributed by atoms with Gasteiger partial charge in [0.2, 0.25) is 0 Å². The molecule has 0 radical (unpaired) electrons. The average Bonchev–Trinajstić information content (AvgIpc) is 2.61. The molecule has 0 atom stereocenters. The molecule has 0 N–H and O–H groups in total. The molecule has 0 spiro atoms. The van der Waals surface area contributed by atoms with Crippen LogP contribution in [0.2, 0.25) is 0 Å². The summed E-state index contributed by atoms with van der Waals surface area (Å²) in [5.74, 6) is 11.8. The van der Waals surface area contributed by atoms with Gasteiger partial charge in [-0.3, -0.25) is 0 Å². The van der Waals surface area contributed by atoms with Crippen LogP contribution in [0.4, 0.5) is 0 Å². The Balaban J connectivity index is 0.00000208. The summed E-state index contributed by atoms with van der Waals surface area (Å²) in [5.41, 5.74) is 0. The summed E-state index contributed by atoms with van der Waals surface area (Å²) in [4.78, 5) is 0. The number of hydrogen-bond acceptors (Lipinski definition) is 0. The second kappa shape index (κ2) is 9.76. The fourth-order valence-electron chi connectivity index (χ4n) is 4.99. The Morgan fingerprint density at radius 2 is 1.12 bits per heavy atom. The van der Waals surface area contributed by atoms with Gasteiger partial charge in [0, 0.05) is 11.8 Å². The first-order valence-electron chi connectivity index (χ1n) is 10.6. The van der Waals surface area contributed by atoms with E-state index in [9.17, 15) is 0 Å². The van der Waals surface area contributed by atoms with Crippen molar-refractivity contribution in [3.63, 3.8) is 0 Å². The molecule has 3 fully saturated rings. The van der Waals surface area contributed by atoms with E-state index in [1.54, 1.807) is 0 Å². The Morgan fingerprint density at radius 1 is 0.667 bits per heavy atom. The zero-order chi connectivity index (χ0) is 15.9. The molecule has 0 aliphatic heterocycles. The summed E-state index contributed by atoms with van der Waals surface area (Å²) >= 11 is 0. The van der Waals surface area contributed by atoms with Gasteiger partial charge in [-0.1, -0.05) is 44.4 Å². The summed E-state index contributed by atoms with van der Waals surface area (Å²) in [6.07, 6.45) is 22.5. The molecule has 0 unspecified atom stereocenters. The Bertz CT molecular complexity index is 382. The minimum atomic E-state index is 0. The number of hydrogen-bond donors (Lipinski definition) is 0. The molecular weight excluding hydrogens is 543 g/mol. The van der Waals surface area contributed by atoms with E-state index in [4.69, 9.17) is 0 Å². The fraction of sp³-hybridized carbons (Fsp3) is 0.870. The minimum absolute atomic E-state index is 0. The molecule has 0 aromatic rings. The van der Waals surface area contributed by atoms with Crippen molar-refractivity contribution in [2.24, 2.45) is 29.6 Å². The van der Waals surface area contributed by atoms with Crippen molar-refractivity contribution in [1.82, 2.24) is 0 Å². The van der Waals surface area contributed by atoms with Crippen molar-refractivity contribution in [1.29, 1.82) is 0 Å². The fourth-order valence-corrected chi connectivity index (χ4v) is 4.99. The van der Waals surface area contributed by atoms with Crippen LogP contribution in [0.3, 0.4) is 0 Å². The molecule has 24 heavy (non-hydrogen) atoms. The van der Waals surface area contributed by atoms with Crippen LogP contribution >= 0.6 is 0 Å². The molecule has 0 amide bonds. The van der Waals surface area contributed by atoms with Crippen molar-refractivity contribution in [3.8, 4) is 11.8 Å². The normalized spacial score (nSPS) is 34.7. The van der Waals surface area contributed by atoms with Crippen molar-refractivity contribution >= 4 is 0 Å². The summed E-state index contributed by atoms with van der Waals surface area (Å²) in [7, 11) is 0. The Kier molecular flexibility index (Phi) is 7.68. The van der Waals surface area contributed by atoms with Crippen LogP contribution in [0, 0.1) is 47.9 Å². The van der Waals surface area contributed by atoms with E-state index in [2.05, 4.69) is 25.2 Å². The second-order valence-corrected chi connectivity index (χ2v) is 8.85. The van der Waals surface area contributed by atoms with Crippen LogP contribution in [0.5, 0.6) is 0 Å². The van der Waals surface area contributed by atoms with Crippen LogP contribution in [0.25, 0.3) is 0 Å². The van der Waals surface area contributed by atoms with Crippen molar-refractivity contribution in [2.75, 3.05) is 0 Å². The van der Waals surface area contributed by atoms with Gasteiger partial charge in [-0.05, 0) is 69.1 Å². The standard InChI is InChI=1S/C23H37.Rf/c1-19-7-9-21(10-8-19)13-14-23-17-15-22(16-18-23)12-11-20-5-3-2-4-6-20;/h2,19-23H,3-12,15-18H2,1H3;/q-1;. The van der Waals surface area contributed by atoms with Crippen LogP contribution in [-0.2, 0) is 0 Å². The van der Waals surface area contributed by atoms with Gasteiger partial charge < -0.3 is 6.42 Å². The largest absolute Gasteiger partial charge is 0.328 e. The predicted octanol–water partition coefficient (Wildman–Crippen LogP) is 6.80. The maximum absolute atomic E-state index is 3.68. The molecule has 0 aromatic carbocycles. The summed E-state index contributed by atoms with van der Waals surface area (Å²) in [5, 5.41) is 0. The molecule has 0 aromatic heterocycles. The Hall–Kier alpha value is -1.44. The molecule has 1 heteroatoms. The molecule has 132 valence electrons. The van der Waals surface area contributed by atoms with Gasteiger partial charge in [0.15, 0.2) is 0 Å². The molecular formula is C23H37Rf-. The van der Waals surface area contributed by atoms with E-state index in [1.807, 2.05) is 0 Å². The van der Waals surface area contributed by atoms with Gasteiger partial charge in [0.05, 0.1) is 0 Å². The van der Waals surface area contributed by atoms with Crippen LogP contribution in [0.15, 0.2) is 0 Å². The molecule has 0 bridgehead atoms. The number of rotatable bonds is 3. The van der Waals surface area contributed by atoms with E-state index < -0.39 is 0 Å². The Labute approximate surface area is 145 Å². The summed E-state index contributed by atoms with van der Waals surface area (Å²) in [6.45, 7) is 2.40.